The van der Waals surface area contributed by atoms with Crippen LogP contribution in [-0.4, -0.2) is 49.6 Å². The van der Waals surface area contributed by atoms with Crippen molar-refractivity contribution in [2.24, 2.45) is 0 Å². The van der Waals surface area contributed by atoms with Crippen molar-refractivity contribution in [2.75, 3.05) is 20.8 Å². The van der Waals surface area contributed by atoms with Gasteiger partial charge in [0.25, 0.3) is 5.91 Å². The molecule has 1 fully saturated rings. The number of rotatable bonds is 11. The molecule has 0 spiro atoms. The number of hydrogen-bond acceptors (Lipinski definition) is 5. The lowest BCUT2D eigenvalue weighted by Crippen LogP contribution is -2.52. The lowest BCUT2D eigenvalue weighted by molar-refractivity contribution is -0.143. The molecular weight excluding hydrogens is 432 g/mol. The molecule has 0 heterocycles. The normalized spacial score (nSPS) is 14.4. The second-order valence-electron chi connectivity index (χ2n) is 8.76. The summed E-state index contributed by atoms with van der Waals surface area (Å²) in [7, 11) is 3.12. The first kappa shape index (κ1) is 25.4. The maximum atomic E-state index is 13.4. The Hall–Kier alpha value is -3.22. The van der Waals surface area contributed by atoms with Crippen LogP contribution in [0.4, 0.5) is 0 Å². The van der Waals surface area contributed by atoms with Crippen LogP contribution in [0.25, 0.3) is 0 Å². The standard InChI is InChI=1S/C27H36N2O5/c1-5-25(27(31)28-21-11-6-7-12-21)29(17-20-10-8-9-19(2)13-20)26(30)18-34-24-15-22(32-3)14-23(16-24)33-4/h8-10,13-16,21,25H,5-7,11-12,17-18H2,1-4H3,(H,28,31)/t25-/m1/s1. The molecule has 7 heteroatoms. The summed E-state index contributed by atoms with van der Waals surface area (Å²) in [4.78, 5) is 28.2. The zero-order valence-electron chi connectivity index (χ0n) is 20.6. The van der Waals surface area contributed by atoms with Crippen molar-refractivity contribution >= 4 is 11.8 Å². The maximum Gasteiger partial charge on any atom is 0.261 e. The molecule has 0 aliphatic heterocycles. The Morgan fingerprint density at radius 2 is 1.68 bits per heavy atom. The predicted molar refractivity (Wildman–Crippen MR) is 131 cm³/mol. The van der Waals surface area contributed by atoms with Gasteiger partial charge in [0.2, 0.25) is 5.91 Å². The Balaban J connectivity index is 1.78. The van der Waals surface area contributed by atoms with E-state index in [9.17, 15) is 9.59 Å². The molecular formula is C27H36N2O5. The summed E-state index contributed by atoms with van der Waals surface area (Å²) in [5.41, 5.74) is 2.08. The van der Waals surface area contributed by atoms with Gasteiger partial charge in [-0.05, 0) is 31.7 Å². The first-order valence-electron chi connectivity index (χ1n) is 11.9. The fourth-order valence-corrected chi connectivity index (χ4v) is 4.39. The summed E-state index contributed by atoms with van der Waals surface area (Å²) in [6.45, 7) is 4.08. The molecule has 184 valence electrons. The summed E-state index contributed by atoms with van der Waals surface area (Å²) in [6, 6.07) is 12.7. The molecule has 2 aromatic carbocycles. The van der Waals surface area contributed by atoms with Crippen molar-refractivity contribution < 1.29 is 23.8 Å². The van der Waals surface area contributed by atoms with Crippen LogP contribution in [0.3, 0.4) is 0 Å². The molecule has 2 amide bonds. The van der Waals surface area contributed by atoms with Gasteiger partial charge in [-0.2, -0.15) is 0 Å². The van der Waals surface area contributed by atoms with Crippen LogP contribution in [0.2, 0.25) is 0 Å². The molecule has 1 aliphatic rings. The molecule has 1 saturated carbocycles. The van der Waals surface area contributed by atoms with E-state index in [4.69, 9.17) is 14.2 Å². The zero-order valence-corrected chi connectivity index (χ0v) is 20.6. The lowest BCUT2D eigenvalue weighted by Gasteiger charge is -2.31. The molecule has 0 saturated heterocycles. The molecule has 2 aromatic rings. The number of ether oxygens (including phenoxy) is 3. The largest absolute Gasteiger partial charge is 0.496 e. The Labute approximate surface area is 202 Å². The van der Waals surface area contributed by atoms with Crippen molar-refractivity contribution in [1.82, 2.24) is 10.2 Å². The molecule has 1 atom stereocenters. The lowest BCUT2D eigenvalue weighted by atomic mass is 10.1. The summed E-state index contributed by atoms with van der Waals surface area (Å²) < 4.78 is 16.4. The molecule has 1 aliphatic carbocycles. The summed E-state index contributed by atoms with van der Waals surface area (Å²) in [5, 5.41) is 3.16. The van der Waals surface area contributed by atoms with Crippen molar-refractivity contribution in [3.05, 3.63) is 53.6 Å². The van der Waals surface area contributed by atoms with E-state index >= 15 is 0 Å². The Kier molecular flexibility index (Phi) is 9.19. The predicted octanol–water partition coefficient (Wildman–Crippen LogP) is 4.26. The summed E-state index contributed by atoms with van der Waals surface area (Å²) in [6.07, 6.45) is 4.77. The smallest absolute Gasteiger partial charge is 0.261 e. The third-order valence-corrected chi connectivity index (χ3v) is 6.21. The van der Waals surface area contributed by atoms with Gasteiger partial charge in [0.1, 0.15) is 23.3 Å². The van der Waals surface area contributed by atoms with Gasteiger partial charge in [-0.25, -0.2) is 0 Å². The molecule has 0 radical (unpaired) electrons. The van der Waals surface area contributed by atoms with Crippen LogP contribution in [0.15, 0.2) is 42.5 Å². The zero-order chi connectivity index (χ0) is 24.5. The van der Waals surface area contributed by atoms with Gasteiger partial charge in [-0.15, -0.1) is 0 Å². The van der Waals surface area contributed by atoms with Crippen molar-refractivity contribution in [2.45, 2.75) is 64.6 Å². The number of nitrogens with one attached hydrogen (secondary N) is 1. The highest BCUT2D eigenvalue weighted by Gasteiger charge is 2.31. The first-order chi connectivity index (χ1) is 16.4. The van der Waals surface area contributed by atoms with Crippen LogP contribution in [-0.2, 0) is 16.1 Å². The van der Waals surface area contributed by atoms with E-state index in [1.165, 1.54) is 0 Å². The molecule has 3 rings (SSSR count). The topological polar surface area (TPSA) is 77.1 Å². The van der Waals surface area contributed by atoms with Crippen molar-refractivity contribution in [1.29, 1.82) is 0 Å². The Bertz CT molecular complexity index is 949. The number of aryl methyl sites for hydroxylation is 1. The van der Waals surface area contributed by atoms with Crippen LogP contribution in [0, 0.1) is 6.92 Å². The van der Waals surface area contributed by atoms with Crippen molar-refractivity contribution in [3.8, 4) is 17.2 Å². The highest BCUT2D eigenvalue weighted by atomic mass is 16.5. The third kappa shape index (κ3) is 6.89. The molecule has 34 heavy (non-hydrogen) atoms. The van der Waals surface area contributed by atoms with Gasteiger partial charge in [0, 0.05) is 30.8 Å². The van der Waals surface area contributed by atoms with Crippen molar-refractivity contribution in [3.63, 3.8) is 0 Å². The number of amides is 2. The minimum atomic E-state index is -0.572. The molecule has 7 nitrogen and oxygen atoms in total. The minimum Gasteiger partial charge on any atom is -0.496 e. The number of carbonyl (C=O) groups is 2. The number of benzene rings is 2. The van der Waals surface area contributed by atoms with Crippen LogP contribution >= 0.6 is 0 Å². The molecule has 0 bridgehead atoms. The first-order valence-corrected chi connectivity index (χ1v) is 11.9. The highest BCUT2D eigenvalue weighted by Crippen LogP contribution is 2.27. The Morgan fingerprint density at radius 1 is 1.03 bits per heavy atom. The van der Waals surface area contributed by atoms with E-state index in [0.717, 1.165) is 36.8 Å². The molecule has 0 unspecified atom stereocenters. The van der Waals surface area contributed by atoms with Gasteiger partial charge in [-0.1, -0.05) is 49.6 Å². The van der Waals surface area contributed by atoms with E-state index in [0.29, 0.717) is 30.2 Å². The number of hydrogen-bond donors (Lipinski definition) is 1. The monoisotopic (exact) mass is 468 g/mol. The van der Waals surface area contributed by atoms with Gasteiger partial charge in [-0.3, -0.25) is 9.59 Å². The van der Waals surface area contributed by atoms with Gasteiger partial charge in [0.15, 0.2) is 6.61 Å². The van der Waals surface area contributed by atoms with E-state index in [1.807, 2.05) is 38.1 Å². The number of nitrogens with zero attached hydrogens (tertiary/aromatic N) is 1. The van der Waals surface area contributed by atoms with Gasteiger partial charge in [0.05, 0.1) is 14.2 Å². The van der Waals surface area contributed by atoms with Crippen LogP contribution in [0.1, 0.15) is 50.2 Å². The average molecular weight is 469 g/mol. The maximum absolute atomic E-state index is 13.4. The van der Waals surface area contributed by atoms with E-state index in [1.54, 1.807) is 37.3 Å². The van der Waals surface area contributed by atoms with Gasteiger partial charge < -0.3 is 24.4 Å². The molecule has 0 aromatic heterocycles. The molecule has 1 N–H and O–H groups in total. The highest BCUT2D eigenvalue weighted by molar-refractivity contribution is 5.88. The van der Waals surface area contributed by atoms with E-state index in [2.05, 4.69) is 5.32 Å². The minimum absolute atomic E-state index is 0.0987. The fraction of sp³-hybridized carbons (Fsp3) is 0.481. The quantitative estimate of drug-likeness (QED) is 0.533. The second kappa shape index (κ2) is 12.3. The van der Waals surface area contributed by atoms with E-state index in [-0.39, 0.29) is 24.5 Å². The summed E-state index contributed by atoms with van der Waals surface area (Å²) >= 11 is 0. The van der Waals surface area contributed by atoms with Gasteiger partial charge >= 0.3 is 0 Å². The second-order valence-corrected chi connectivity index (χ2v) is 8.76. The van der Waals surface area contributed by atoms with Crippen LogP contribution in [0.5, 0.6) is 17.2 Å². The Morgan fingerprint density at radius 3 is 2.26 bits per heavy atom. The fourth-order valence-electron chi connectivity index (χ4n) is 4.39. The SMILES string of the molecule is CC[C@H](C(=O)NC1CCCC1)N(Cc1cccc(C)c1)C(=O)COc1cc(OC)cc(OC)c1. The summed E-state index contributed by atoms with van der Waals surface area (Å²) in [5.74, 6) is 1.25. The van der Waals surface area contributed by atoms with Crippen LogP contribution < -0.4 is 19.5 Å². The number of methoxy groups -OCH3 is 2. The average Bonchev–Trinajstić information content (AvgIpc) is 3.35. The van der Waals surface area contributed by atoms with E-state index < -0.39 is 6.04 Å². The number of carbonyl (C=O) groups excluding carboxylic acids is 2. The third-order valence-electron chi connectivity index (χ3n) is 6.21.